The summed E-state index contributed by atoms with van der Waals surface area (Å²) in [5, 5.41) is 2.90. The first-order valence-electron chi connectivity index (χ1n) is 9.99. The third-order valence-electron chi connectivity index (χ3n) is 5.42. The number of likely N-dealkylation sites (N-methyl/N-ethyl adjacent to an activating group) is 1. The minimum Gasteiger partial charge on any atom is -0.342 e. The van der Waals surface area contributed by atoms with Crippen LogP contribution in [0.4, 0.5) is 32.0 Å². The number of nitrogens with one attached hydrogen (secondary N) is 1. The molecule has 3 rings (SSSR count). The molecule has 0 aromatic heterocycles. The van der Waals surface area contributed by atoms with Gasteiger partial charge in [0.1, 0.15) is 6.04 Å². The maximum Gasteiger partial charge on any atom is 0.416 e. The average Bonchev–Trinajstić information content (AvgIpc) is 2.86. The molecule has 12 heteroatoms. The number of anilines is 1. The zero-order chi connectivity index (χ0) is 22.8. The number of carbonyl (C=O) groups is 1. The fourth-order valence-corrected chi connectivity index (χ4v) is 4.91. The molecule has 32 heavy (non-hydrogen) atoms. The van der Waals surface area contributed by atoms with E-state index in [4.69, 9.17) is 4.99 Å². The van der Waals surface area contributed by atoms with Crippen LogP contribution in [-0.2, 0) is 17.1 Å². The molecule has 1 aromatic carbocycles. The highest BCUT2D eigenvalue weighted by Crippen LogP contribution is 2.38. The fraction of sp³-hybridized carbons (Fsp3) is 0.600. The molecule has 0 bridgehead atoms. The number of nitrogens with zero attached hydrogens (tertiary/aromatic N) is 2. The highest BCUT2D eigenvalue weighted by atomic mass is 35.5. The Labute approximate surface area is 192 Å². The van der Waals surface area contributed by atoms with Crippen molar-refractivity contribution in [2.45, 2.75) is 63.0 Å². The van der Waals surface area contributed by atoms with Crippen LogP contribution in [-0.4, -0.2) is 40.9 Å². The first-order valence-corrected chi connectivity index (χ1v) is 11.0. The van der Waals surface area contributed by atoms with Gasteiger partial charge in [0.25, 0.3) is 0 Å². The molecule has 1 aromatic rings. The van der Waals surface area contributed by atoms with Crippen LogP contribution >= 0.6 is 24.2 Å². The van der Waals surface area contributed by atoms with Gasteiger partial charge < -0.3 is 10.2 Å². The van der Waals surface area contributed by atoms with Crippen molar-refractivity contribution in [3.05, 3.63) is 29.3 Å². The molecular formula is C20H24ClF6N3OS. The predicted octanol–water partition coefficient (Wildman–Crippen LogP) is 6.21. The van der Waals surface area contributed by atoms with Crippen molar-refractivity contribution in [3.8, 4) is 0 Å². The van der Waals surface area contributed by atoms with Gasteiger partial charge in [0, 0.05) is 18.5 Å². The zero-order valence-corrected chi connectivity index (χ0v) is 18.9. The topological polar surface area (TPSA) is 44.7 Å². The Hall–Kier alpha value is -1.62. The number of hydrogen-bond acceptors (Lipinski definition) is 3. The molecular weight excluding hydrogens is 480 g/mol. The number of thioether (sulfide) groups is 1. The van der Waals surface area contributed by atoms with Crippen LogP contribution in [0.25, 0.3) is 0 Å². The van der Waals surface area contributed by atoms with Gasteiger partial charge in [-0.15, -0.1) is 12.4 Å². The van der Waals surface area contributed by atoms with Crippen LogP contribution in [0.3, 0.4) is 0 Å². The smallest absolute Gasteiger partial charge is 0.342 e. The van der Waals surface area contributed by atoms with Crippen molar-refractivity contribution in [1.29, 1.82) is 0 Å². The number of alkyl halides is 6. The Balaban J connectivity index is 0.00000363. The largest absolute Gasteiger partial charge is 0.416 e. The Kier molecular flexibility index (Phi) is 8.77. The second kappa shape index (κ2) is 10.5. The quantitative estimate of drug-likeness (QED) is 0.394. The SMILES string of the molecule is CN1C(=NC2CCCCCC2)SCC1C(=O)Nc1cc(C(F)(F)F)cc(C(F)(F)F)c1.Cl. The van der Waals surface area contributed by atoms with E-state index >= 15 is 0 Å². The zero-order valence-electron chi connectivity index (χ0n) is 17.2. The monoisotopic (exact) mass is 503 g/mol. The van der Waals surface area contributed by atoms with Crippen LogP contribution in [0.15, 0.2) is 23.2 Å². The average molecular weight is 504 g/mol. The Bertz CT molecular complexity index is 805. The van der Waals surface area contributed by atoms with Crippen LogP contribution in [0, 0.1) is 0 Å². The molecule has 1 unspecified atom stereocenters. The second-order valence-corrected chi connectivity index (χ2v) is 8.77. The molecule has 1 aliphatic carbocycles. The number of rotatable bonds is 3. The predicted molar refractivity (Wildman–Crippen MR) is 115 cm³/mol. The molecule has 1 N–H and O–H groups in total. The van der Waals surface area contributed by atoms with Crippen molar-refractivity contribution in [3.63, 3.8) is 0 Å². The lowest BCUT2D eigenvalue weighted by Gasteiger charge is -2.22. The highest BCUT2D eigenvalue weighted by molar-refractivity contribution is 8.14. The van der Waals surface area contributed by atoms with Crippen LogP contribution in [0.1, 0.15) is 49.7 Å². The number of halogens is 7. The molecule has 1 saturated carbocycles. The second-order valence-electron chi connectivity index (χ2n) is 7.78. The van der Waals surface area contributed by atoms with Gasteiger partial charge in [0.05, 0.1) is 17.2 Å². The van der Waals surface area contributed by atoms with Crippen LogP contribution in [0.5, 0.6) is 0 Å². The molecule has 0 spiro atoms. The Morgan fingerprint density at radius 1 is 1.00 bits per heavy atom. The lowest BCUT2D eigenvalue weighted by atomic mass is 10.1. The van der Waals surface area contributed by atoms with Gasteiger partial charge in [-0.05, 0) is 31.0 Å². The standard InChI is InChI=1S/C20H23F6N3OS.ClH/c1-29-16(11-31-18(29)28-14-6-4-2-3-5-7-14)17(30)27-15-9-12(19(21,22)23)8-13(10-15)20(24,25)26;/h8-10,14,16H,2-7,11H2,1H3,(H,27,30);1H. The minimum absolute atomic E-state index is 0. The van der Waals surface area contributed by atoms with Gasteiger partial charge in [0.15, 0.2) is 5.17 Å². The van der Waals surface area contributed by atoms with Crippen molar-refractivity contribution >= 4 is 40.9 Å². The van der Waals surface area contributed by atoms with E-state index in [1.54, 1.807) is 11.9 Å². The maximum absolute atomic E-state index is 13.0. The van der Waals surface area contributed by atoms with E-state index in [2.05, 4.69) is 5.32 Å². The molecule has 1 atom stereocenters. The molecule has 2 aliphatic rings. The van der Waals surface area contributed by atoms with Gasteiger partial charge in [-0.3, -0.25) is 9.79 Å². The Morgan fingerprint density at radius 2 is 1.53 bits per heavy atom. The van der Waals surface area contributed by atoms with E-state index in [-0.39, 0.29) is 24.5 Å². The third kappa shape index (κ3) is 6.69. The number of hydrogen-bond donors (Lipinski definition) is 1. The van der Waals surface area contributed by atoms with E-state index in [1.807, 2.05) is 0 Å². The number of benzene rings is 1. The van der Waals surface area contributed by atoms with Gasteiger partial charge in [0.2, 0.25) is 5.91 Å². The highest BCUT2D eigenvalue weighted by Gasteiger charge is 2.38. The summed E-state index contributed by atoms with van der Waals surface area (Å²) in [5.41, 5.74) is -3.48. The van der Waals surface area contributed by atoms with Gasteiger partial charge >= 0.3 is 12.4 Å². The molecule has 2 fully saturated rings. The van der Waals surface area contributed by atoms with E-state index in [9.17, 15) is 31.1 Å². The van der Waals surface area contributed by atoms with Gasteiger partial charge in [-0.2, -0.15) is 26.3 Å². The lowest BCUT2D eigenvalue weighted by molar-refractivity contribution is -0.143. The van der Waals surface area contributed by atoms with Crippen molar-refractivity contribution in [1.82, 2.24) is 4.90 Å². The summed E-state index contributed by atoms with van der Waals surface area (Å²) in [6.07, 6.45) is -3.47. The summed E-state index contributed by atoms with van der Waals surface area (Å²) < 4.78 is 78.2. The number of amidine groups is 1. The number of carbonyl (C=O) groups excluding carboxylic acids is 1. The summed E-state index contributed by atoms with van der Waals surface area (Å²) in [6.45, 7) is 0. The third-order valence-corrected chi connectivity index (χ3v) is 6.55. The molecule has 1 amide bonds. The normalized spacial score (nSPS) is 21.9. The van der Waals surface area contributed by atoms with E-state index in [1.165, 1.54) is 24.6 Å². The van der Waals surface area contributed by atoms with E-state index < -0.39 is 41.1 Å². The number of aliphatic imine (C=N–C) groups is 1. The summed E-state index contributed by atoms with van der Waals surface area (Å²) in [7, 11) is 1.66. The Morgan fingerprint density at radius 3 is 2.03 bits per heavy atom. The summed E-state index contributed by atoms with van der Waals surface area (Å²) in [5.74, 6) is -0.354. The molecule has 1 aliphatic heterocycles. The number of amides is 1. The summed E-state index contributed by atoms with van der Waals surface area (Å²) in [4.78, 5) is 19.0. The molecule has 1 heterocycles. The molecule has 1 saturated heterocycles. The lowest BCUT2D eigenvalue weighted by Crippen LogP contribution is -2.40. The first kappa shape index (κ1) is 26.6. The molecule has 180 valence electrons. The summed E-state index contributed by atoms with van der Waals surface area (Å²) in [6, 6.07) is 0.487. The van der Waals surface area contributed by atoms with Crippen molar-refractivity contribution in [2.75, 3.05) is 18.1 Å². The molecule has 4 nitrogen and oxygen atoms in total. The van der Waals surface area contributed by atoms with Gasteiger partial charge in [-0.25, -0.2) is 0 Å². The van der Waals surface area contributed by atoms with E-state index in [0.717, 1.165) is 25.7 Å². The van der Waals surface area contributed by atoms with Crippen LogP contribution < -0.4 is 5.32 Å². The van der Waals surface area contributed by atoms with E-state index in [0.29, 0.717) is 23.1 Å². The van der Waals surface area contributed by atoms with Crippen molar-refractivity contribution < 1.29 is 31.1 Å². The van der Waals surface area contributed by atoms with Gasteiger partial charge in [-0.1, -0.05) is 37.4 Å². The first-order chi connectivity index (χ1) is 14.4. The minimum atomic E-state index is -4.97. The molecule has 0 radical (unpaired) electrons. The van der Waals surface area contributed by atoms with Crippen molar-refractivity contribution in [2.24, 2.45) is 4.99 Å². The summed E-state index contributed by atoms with van der Waals surface area (Å²) >= 11 is 1.37. The van der Waals surface area contributed by atoms with Crippen LogP contribution in [0.2, 0.25) is 0 Å². The fourth-order valence-electron chi connectivity index (χ4n) is 3.68. The maximum atomic E-state index is 13.0.